The molecule has 118 valence electrons. The zero-order valence-corrected chi connectivity index (χ0v) is 14.2. The molecular weight excluding hydrogens is 359 g/mol. The molecule has 2 aromatic heterocycles. The molecule has 5 nitrogen and oxygen atoms in total. The Morgan fingerprint density at radius 3 is 2.61 bits per heavy atom. The molecule has 8 heteroatoms. The molecule has 0 radical (unpaired) electrons. The van der Waals surface area contributed by atoms with Crippen molar-refractivity contribution in [2.45, 2.75) is 13.5 Å². The van der Waals surface area contributed by atoms with Gasteiger partial charge in [-0.05, 0) is 19.1 Å². The third kappa shape index (κ3) is 2.87. The second-order valence-electron chi connectivity index (χ2n) is 4.70. The monoisotopic (exact) mass is 368 g/mol. The van der Waals surface area contributed by atoms with Gasteiger partial charge in [-0.2, -0.15) is 0 Å². The minimum absolute atomic E-state index is 0.0358. The second kappa shape index (κ2) is 6.35. The number of aryl methyl sites for hydroxylation is 1. The first-order chi connectivity index (χ1) is 11.0. The summed E-state index contributed by atoms with van der Waals surface area (Å²) in [6.07, 6.45) is 0. The van der Waals surface area contributed by atoms with E-state index in [0.717, 1.165) is 10.9 Å². The molecular formula is C15H11Cl3N4O. The molecule has 0 saturated heterocycles. The quantitative estimate of drug-likeness (QED) is 0.445. The molecule has 0 fully saturated rings. The average molecular weight is 370 g/mol. The lowest BCUT2D eigenvalue weighted by molar-refractivity contribution is 0.427. The van der Waals surface area contributed by atoms with Crippen LogP contribution in [0.1, 0.15) is 6.92 Å². The minimum atomic E-state index is 0.0358. The predicted molar refractivity (Wildman–Crippen MR) is 92.7 cm³/mol. The predicted octanol–water partition coefficient (Wildman–Crippen LogP) is 6.14. The maximum atomic E-state index is 10.4. The molecule has 3 rings (SSSR count). The Balaban J connectivity index is 2.12. The lowest BCUT2D eigenvalue weighted by atomic mass is 10.2. The van der Waals surface area contributed by atoms with Crippen molar-refractivity contribution in [2.24, 2.45) is 10.2 Å². The number of para-hydroxylation sites is 1. The third-order valence-corrected chi connectivity index (χ3v) is 4.30. The van der Waals surface area contributed by atoms with Crippen LogP contribution in [0.15, 0.2) is 40.6 Å². The van der Waals surface area contributed by atoms with E-state index in [0.29, 0.717) is 12.2 Å². The summed E-state index contributed by atoms with van der Waals surface area (Å²) < 4.78 is 1.74. The van der Waals surface area contributed by atoms with Crippen molar-refractivity contribution in [3.63, 3.8) is 0 Å². The summed E-state index contributed by atoms with van der Waals surface area (Å²) in [6, 6.07) is 8.97. The minimum Gasteiger partial charge on any atom is -0.493 e. The molecule has 0 atom stereocenters. The highest BCUT2D eigenvalue weighted by Gasteiger charge is 2.15. The largest absolute Gasteiger partial charge is 0.493 e. The van der Waals surface area contributed by atoms with Gasteiger partial charge in [0.1, 0.15) is 5.15 Å². The number of aromatic nitrogens is 2. The number of nitrogens with zero attached hydrogens (tertiary/aromatic N) is 4. The lowest BCUT2D eigenvalue weighted by Gasteiger charge is -2.01. The number of fused-ring (bicyclic) bond motifs is 1. The summed E-state index contributed by atoms with van der Waals surface area (Å²) in [5.41, 5.74) is 1.22. The number of aromatic hydroxyl groups is 1. The Bertz CT molecular complexity index is 921. The molecule has 0 aliphatic carbocycles. The highest BCUT2D eigenvalue weighted by atomic mass is 35.5. The fourth-order valence-corrected chi connectivity index (χ4v) is 2.82. The van der Waals surface area contributed by atoms with Gasteiger partial charge in [-0.1, -0.05) is 53.0 Å². The first-order valence-electron chi connectivity index (χ1n) is 6.76. The number of rotatable bonds is 3. The van der Waals surface area contributed by atoms with Crippen molar-refractivity contribution in [1.82, 2.24) is 9.55 Å². The number of hydrogen-bond acceptors (Lipinski definition) is 4. The molecule has 0 amide bonds. The van der Waals surface area contributed by atoms with E-state index < -0.39 is 0 Å². The van der Waals surface area contributed by atoms with Crippen LogP contribution in [0.2, 0.25) is 15.2 Å². The topological polar surface area (TPSA) is 62.8 Å². The molecule has 1 N–H and O–H groups in total. The summed E-state index contributed by atoms with van der Waals surface area (Å²) >= 11 is 17.7. The van der Waals surface area contributed by atoms with Gasteiger partial charge in [-0.15, -0.1) is 10.2 Å². The average Bonchev–Trinajstić information content (AvgIpc) is 2.81. The molecule has 2 heterocycles. The van der Waals surface area contributed by atoms with Crippen molar-refractivity contribution in [3.8, 4) is 5.88 Å². The molecule has 23 heavy (non-hydrogen) atoms. The van der Waals surface area contributed by atoms with Gasteiger partial charge in [-0.3, -0.25) is 0 Å². The van der Waals surface area contributed by atoms with E-state index in [4.69, 9.17) is 34.8 Å². The van der Waals surface area contributed by atoms with Gasteiger partial charge in [0.25, 0.3) is 0 Å². The summed E-state index contributed by atoms with van der Waals surface area (Å²) in [4.78, 5) is 3.98. The Kier molecular flexibility index (Phi) is 4.43. The van der Waals surface area contributed by atoms with Gasteiger partial charge < -0.3 is 9.67 Å². The van der Waals surface area contributed by atoms with Crippen LogP contribution in [0.3, 0.4) is 0 Å². The van der Waals surface area contributed by atoms with Crippen molar-refractivity contribution in [1.29, 1.82) is 0 Å². The van der Waals surface area contributed by atoms with E-state index >= 15 is 0 Å². The second-order valence-corrected chi connectivity index (χ2v) is 5.87. The van der Waals surface area contributed by atoms with E-state index in [1.54, 1.807) is 4.57 Å². The van der Waals surface area contributed by atoms with Crippen LogP contribution in [0.4, 0.5) is 11.5 Å². The fraction of sp³-hybridized carbons (Fsp3) is 0.133. The zero-order valence-electron chi connectivity index (χ0n) is 12.0. The standard InChI is InChI=1S/C15H11Cl3N4O/c1-2-22-11-6-4-3-5-8(11)12(15(22)23)20-21-14-10(17)7-9(16)13(18)19-14/h3-7,23H,2H2,1H3. The molecule has 0 saturated carbocycles. The summed E-state index contributed by atoms with van der Waals surface area (Å²) in [5, 5.41) is 19.8. The smallest absolute Gasteiger partial charge is 0.220 e. The van der Waals surface area contributed by atoms with E-state index in [2.05, 4.69) is 15.2 Å². The van der Waals surface area contributed by atoms with Crippen LogP contribution in [0, 0.1) is 0 Å². The van der Waals surface area contributed by atoms with E-state index in [-0.39, 0.29) is 26.9 Å². The summed E-state index contributed by atoms with van der Waals surface area (Å²) in [7, 11) is 0. The summed E-state index contributed by atoms with van der Waals surface area (Å²) in [6.45, 7) is 2.54. The van der Waals surface area contributed by atoms with Crippen molar-refractivity contribution >= 4 is 57.2 Å². The van der Waals surface area contributed by atoms with Crippen LogP contribution in [0.25, 0.3) is 10.9 Å². The lowest BCUT2D eigenvalue weighted by Crippen LogP contribution is -1.91. The summed E-state index contributed by atoms with van der Waals surface area (Å²) in [5.74, 6) is 0.169. The van der Waals surface area contributed by atoms with Crippen molar-refractivity contribution in [2.75, 3.05) is 0 Å². The van der Waals surface area contributed by atoms with E-state index in [9.17, 15) is 5.11 Å². The van der Waals surface area contributed by atoms with Crippen LogP contribution < -0.4 is 0 Å². The van der Waals surface area contributed by atoms with Gasteiger partial charge in [0.15, 0.2) is 11.5 Å². The Hall–Kier alpha value is -1.82. The molecule has 0 aliphatic rings. The molecule has 0 aliphatic heterocycles. The SMILES string of the molecule is CCn1c(O)c(N=Nc2nc(Cl)c(Cl)cc2Cl)c2ccccc21. The van der Waals surface area contributed by atoms with Crippen LogP contribution in [-0.2, 0) is 6.54 Å². The van der Waals surface area contributed by atoms with Gasteiger partial charge >= 0.3 is 0 Å². The van der Waals surface area contributed by atoms with Crippen LogP contribution in [-0.4, -0.2) is 14.7 Å². The number of azo groups is 1. The van der Waals surface area contributed by atoms with E-state index in [1.165, 1.54) is 6.07 Å². The van der Waals surface area contributed by atoms with Crippen LogP contribution in [0.5, 0.6) is 5.88 Å². The zero-order chi connectivity index (χ0) is 16.6. The molecule has 0 bridgehead atoms. The van der Waals surface area contributed by atoms with Gasteiger partial charge in [-0.25, -0.2) is 4.98 Å². The normalized spacial score (nSPS) is 11.7. The van der Waals surface area contributed by atoms with Gasteiger partial charge in [0.05, 0.1) is 15.6 Å². The molecule has 1 aromatic carbocycles. The van der Waals surface area contributed by atoms with Gasteiger partial charge in [0, 0.05) is 11.9 Å². The first-order valence-corrected chi connectivity index (χ1v) is 7.89. The fourth-order valence-electron chi connectivity index (χ4n) is 2.29. The van der Waals surface area contributed by atoms with Crippen molar-refractivity contribution < 1.29 is 5.11 Å². The number of halogens is 3. The number of pyridine rings is 1. The Morgan fingerprint density at radius 1 is 1.13 bits per heavy atom. The van der Waals surface area contributed by atoms with Gasteiger partial charge in [0.2, 0.25) is 5.88 Å². The maximum absolute atomic E-state index is 10.4. The molecule has 3 aromatic rings. The third-order valence-electron chi connectivity index (χ3n) is 3.35. The molecule has 0 unspecified atom stereocenters. The highest BCUT2D eigenvalue weighted by Crippen LogP contribution is 2.40. The maximum Gasteiger partial charge on any atom is 0.220 e. The van der Waals surface area contributed by atoms with Crippen molar-refractivity contribution in [3.05, 3.63) is 45.5 Å². The number of benzene rings is 1. The molecule has 0 spiro atoms. The highest BCUT2D eigenvalue weighted by molar-refractivity contribution is 6.42. The first kappa shape index (κ1) is 16.1. The Labute approximate surface area is 147 Å². The number of hydrogen-bond donors (Lipinski definition) is 1. The van der Waals surface area contributed by atoms with Crippen LogP contribution >= 0.6 is 34.8 Å². The van der Waals surface area contributed by atoms with E-state index in [1.807, 2.05) is 31.2 Å². The Morgan fingerprint density at radius 2 is 1.87 bits per heavy atom.